The largest absolute Gasteiger partial charge is 0.441 e. The van der Waals surface area contributed by atoms with E-state index in [1.165, 1.54) is 18.7 Å². The molecule has 5 heteroatoms. The highest BCUT2D eigenvalue weighted by molar-refractivity contribution is 5.76. The summed E-state index contributed by atoms with van der Waals surface area (Å²) in [5.74, 6) is 1.16. The fourth-order valence-electron chi connectivity index (χ4n) is 2.68. The van der Waals surface area contributed by atoms with Crippen LogP contribution in [0.5, 0.6) is 0 Å². The van der Waals surface area contributed by atoms with Crippen LogP contribution in [0, 0.1) is 11.7 Å². The molecule has 0 saturated carbocycles. The molecule has 25 heavy (non-hydrogen) atoms. The predicted octanol–water partition coefficient (Wildman–Crippen LogP) is 4.74. The van der Waals surface area contributed by atoms with Gasteiger partial charge in [-0.05, 0) is 31.4 Å². The van der Waals surface area contributed by atoms with Crippen molar-refractivity contribution < 1.29 is 13.6 Å². The fourth-order valence-corrected chi connectivity index (χ4v) is 2.68. The Morgan fingerprint density at radius 2 is 2.00 bits per heavy atom. The number of amides is 1. The van der Waals surface area contributed by atoms with Crippen molar-refractivity contribution in [1.29, 1.82) is 0 Å². The van der Waals surface area contributed by atoms with E-state index in [2.05, 4.69) is 24.1 Å². The first-order valence-corrected chi connectivity index (χ1v) is 8.94. The van der Waals surface area contributed by atoms with E-state index in [0.717, 1.165) is 12.8 Å². The molecule has 1 aromatic heterocycles. The van der Waals surface area contributed by atoms with E-state index < -0.39 is 0 Å². The van der Waals surface area contributed by atoms with Crippen LogP contribution in [-0.2, 0) is 11.2 Å². The van der Waals surface area contributed by atoms with Gasteiger partial charge in [-0.25, -0.2) is 9.37 Å². The van der Waals surface area contributed by atoms with Crippen LogP contribution in [0.25, 0.3) is 11.3 Å². The number of aromatic nitrogens is 1. The molecule has 1 amide bonds. The molecular weight excluding hydrogens is 319 g/mol. The van der Waals surface area contributed by atoms with Gasteiger partial charge in [0.05, 0.1) is 11.8 Å². The van der Waals surface area contributed by atoms with Crippen LogP contribution in [0.1, 0.15) is 52.3 Å². The zero-order valence-corrected chi connectivity index (χ0v) is 15.2. The molecule has 0 aliphatic heterocycles. The Hall–Kier alpha value is -2.17. The molecule has 0 saturated heterocycles. The number of nitrogens with one attached hydrogen (secondary N) is 1. The minimum Gasteiger partial charge on any atom is -0.441 e. The molecule has 2 rings (SSSR count). The summed E-state index contributed by atoms with van der Waals surface area (Å²) < 4.78 is 19.3. The Labute approximate surface area is 148 Å². The average molecular weight is 346 g/mol. The van der Waals surface area contributed by atoms with Crippen molar-refractivity contribution in [3.05, 3.63) is 42.2 Å². The summed E-state index contributed by atoms with van der Waals surface area (Å²) in [7, 11) is 0. The first-order valence-electron chi connectivity index (χ1n) is 8.94. The lowest BCUT2D eigenvalue weighted by Gasteiger charge is -2.14. The van der Waals surface area contributed by atoms with E-state index in [-0.39, 0.29) is 17.8 Å². The number of carbonyl (C=O) groups excluding carboxylic acids is 1. The van der Waals surface area contributed by atoms with Crippen LogP contribution in [-0.4, -0.2) is 16.9 Å². The summed E-state index contributed by atoms with van der Waals surface area (Å²) in [5, 5.41) is 3.00. The number of nitrogens with zero attached hydrogens (tertiary/aromatic N) is 1. The van der Waals surface area contributed by atoms with Crippen LogP contribution in [0.3, 0.4) is 0 Å². The molecule has 4 nitrogen and oxygen atoms in total. The van der Waals surface area contributed by atoms with Gasteiger partial charge in [0.2, 0.25) is 5.91 Å². The number of aryl methyl sites for hydroxylation is 1. The second kappa shape index (κ2) is 9.35. The van der Waals surface area contributed by atoms with Gasteiger partial charge in [0.1, 0.15) is 5.82 Å². The number of hydrogen-bond donors (Lipinski definition) is 1. The molecule has 0 bridgehead atoms. The molecule has 0 spiro atoms. The quantitative estimate of drug-likeness (QED) is 0.713. The Kier molecular flexibility index (Phi) is 7.16. The third kappa shape index (κ3) is 6.33. The molecule has 2 aromatic rings. The highest BCUT2D eigenvalue weighted by atomic mass is 19.1. The van der Waals surface area contributed by atoms with Crippen molar-refractivity contribution in [3.63, 3.8) is 0 Å². The van der Waals surface area contributed by atoms with E-state index in [0.29, 0.717) is 36.0 Å². The van der Waals surface area contributed by atoms with Crippen molar-refractivity contribution in [3.8, 4) is 11.3 Å². The van der Waals surface area contributed by atoms with Gasteiger partial charge in [0.15, 0.2) is 11.7 Å². The first-order chi connectivity index (χ1) is 12.0. The van der Waals surface area contributed by atoms with Crippen molar-refractivity contribution >= 4 is 5.91 Å². The molecule has 0 aliphatic carbocycles. The van der Waals surface area contributed by atoms with E-state index in [9.17, 15) is 9.18 Å². The Balaban J connectivity index is 1.78. The third-order valence-electron chi connectivity index (χ3n) is 4.08. The van der Waals surface area contributed by atoms with Gasteiger partial charge in [0, 0.05) is 18.9 Å². The molecule has 1 N–H and O–H groups in total. The average Bonchev–Trinajstić information content (AvgIpc) is 3.01. The maximum Gasteiger partial charge on any atom is 0.220 e. The Morgan fingerprint density at radius 3 is 2.72 bits per heavy atom. The van der Waals surface area contributed by atoms with Crippen molar-refractivity contribution in [2.75, 3.05) is 0 Å². The number of hydrogen-bond acceptors (Lipinski definition) is 3. The SMILES string of the molecule is CC(C)CCCC(C)NC(=O)CCc1ncc(-c2ccccc2F)o1. The molecule has 0 fully saturated rings. The summed E-state index contributed by atoms with van der Waals surface area (Å²) >= 11 is 0. The zero-order chi connectivity index (χ0) is 18.2. The molecule has 0 radical (unpaired) electrons. The molecule has 136 valence electrons. The fraction of sp³-hybridized carbons (Fsp3) is 0.500. The van der Waals surface area contributed by atoms with Gasteiger partial charge < -0.3 is 9.73 Å². The lowest BCUT2D eigenvalue weighted by atomic mass is 10.0. The third-order valence-corrected chi connectivity index (χ3v) is 4.08. The maximum absolute atomic E-state index is 13.7. The second-order valence-electron chi connectivity index (χ2n) is 6.89. The highest BCUT2D eigenvalue weighted by Crippen LogP contribution is 2.23. The summed E-state index contributed by atoms with van der Waals surface area (Å²) in [5.41, 5.74) is 0.379. The van der Waals surface area contributed by atoms with Gasteiger partial charge in [-0.1, -0.05) is 38.8 Å². The van der Waals surface area contributed by atoms with E-state index in [1.807, 2.05) is 6.92 Å². The standard InChI is InChI=1S/C20H27FN2O2/c1-14(2)7-6-8-15(3)23-19(24)11-12-20-22-13-18(25-20)16-9-4-5-10-17(16)21/h4-5,9-10,13-15H,6-8,11-12H2,1-3H3,(H,23,24). The van der Waals surface area contributed by atoms with Crippen LogP contribution in [0.2, 0.25) is 0 Å². The number of rotatable bonds is 9. The highest BCUT2D eigenvalue weighted by Gasteiger charge is 2.13. The molecule has 1 unspecified atom stereocenters. The van der Waals surface area contributed by atoms with Crippen LogP contribution >= 0.6 is 0 Å². The maximum atomic E-state index is 13.7. The van der Waals surface area contributed by atoms with Crippen molar-refractivity contribution in [2.45, 2.75) is 58.9 Å². The number of carbonyl (C=O) groups is 1. The van der Waals surface area contributed by atoms with E-state index >= 15 is 0 Å². The monoisotopic (exact) mass is 346 g/mol. The van der Waals surface area contributed by atoms with Gasteiger partial charge in [-0.3, -0.25) is 4.79 Å². The second-order valence-corrected chi connectivity index (χ2v) is 6.89. The Bertz CT molecular complexity index is 682. The number of benzene rings is 1. The normalized spacial score (nSPS) is 12.4. The lowest BCUT2D eigenvalue weighted by molar-refractivity contribution is -0.121. The minimum absolute atomic E-state index is 0.0114. The van der Waals surface area contributed by atoms with E-state index in [1.54, 1.807) is 18.2 Å². The first kappa shape index (κ1) is 19.2. The van der Waals surface area contributed by atoms with Crippen molar-refractivity contribution in [1.82, 2.24) is 10.3 Å². The van der Waals surface area contributed by atoms with Crippen LogP contribution in [0.4, 0.5) is 4.39 Å². The van der Waals surface area contributed by atoms with Gasteiger partial charge >= 0.3 is 0 Å². The minimum atomic E-state index is -0.349. The van der Waals surface area contributed by atoms with E-state index in [4.69, 9.17) is 4.42 Å². The molecular formula is C20H27FN2O2. The van der Waals surface area contributed by atoms with Crippen LogP contribution < -0.4 is 5.32 Å². The number of oxazole rings is 1. The van der Waals surface area contributed by atoms with Crippen LogP contribution in [0.15, 0.2) is 34.9 Å². The molecule has 0 aliphatic rings. The molecule has 1 heterocycles. The zero-order valence-electron chi connectivity index (χ0n) is 15.2. The van der Waals surface area contributed by atoms with Gasteiger partial charge in [-0.2, -0.15) is 0 Å². The number of halogens is 1. The van der Waals surface area contributed by atoms with Gasteiger partial charge in [0.25, 0.3) is 0 Å². The summed E-state index contributed by atoms with van der Waals surface area (Å²) in [6, 6.07) is 6.57. The smallest absolute Gasteiger partial charge is 0.220 e. The topological polar surface area (TPSA) is 55.1 Å². The van der Waals surface area contributed by atoms with Gasteiger partial charge in [-0.15, -0.1) is 0 Å². The summed E-state index contributed by atoms with van der Waals surface area (Å²) in [4.78, 5) is 16.2. The molecule has 1 aromatic carbocycles. The van der Waals surface area contributed by atoms with Crippen molar-refractivity contribution in [2.24, 2.45) is 5.92 Å². The predicted molar refractivity (Wildman–Crippen MR) is 96.5 cm³/mol. The summed E-state index contributed by atoms with van der Waals surface area (Å²) in [6.45, 7) is 6.43. The lowest BCUT2D eigenvalue weighted by Crippen LogP contribution is -2.32. The Morgan fingerprint density at radius 1 is 1.24 bits per heavy atom. The summed E-state index contributed by atoms with van der Waals surface area (Å²) in [6.07, 6.45) is 5.49. The molecule has 1 atom stereocenters.